The molecule has 0 aliphatic carbocycles. The second-order valence-electron chi connectivity index (χ2n) is 6.43. The zero-order valence-electron chi connectivity index (χ0n) is 14.3. The van der Waals surface area contributed by atoms with E-state index in [9.17, 15) is 17.6 Å². The Morgan fingerprint density at radius 1 is 1.15 bits per heavy atom. The largest absolute Gasteiger partial charge is 0.484 e. The summed E-state index contributed by atoms with van der Waals surface area (Å²) in [6.45, 7) is 5.37. The van der Waals surface area contributed by atoms with Crippen LogP contribution in [0.5, 0.6) is 11.5 Å². The van der Waals surface area contributed by atoms with E-state index in [2.05, 4.69) is 18.7 Å². The van der Waals surface area contributed by atoms with Gasteiger partial charge in [-0.05, 0) is 38.1 Å². The normalized spacial score (nSPS) is 16.0. The summed E-state index contributed by atoms with van der Waals surface area (Å²) in [5, 5.41) is 0. The number of benzene rings is 1. The topological polar surface area (TPSA) is 34.8 Å². The molecule has 1 aliphatic heterocycles. The van der Waals surface area contributed by atoms with E-state index >= 15 is 0 Å². The van der Waals surface area contributed by atoms with Crippen LogP contribution < -0.4 is 9.47 Å². The minimum Gasteiger partial charge on any atom is -0.484 e. The van der Waals surface area contributed by atoms with Gasteiger partial charge < -0.3 is 13.9 Å². The minimum atomic E-state index is -4.55. The highest BCUT2D eigenvalue weighted by Gasteiger charge is 2.35. The van der Waals surface area contributed by atoms with Crippen molar-refractivity contribution in [3.63, 3.8) is 0 Å². The Hall–Kier alpha value is -2.22. The third-order valence-electron chi connectivity index (χ3n) is 4.12. The summed E-state index contributed by atoms with van der Waals surface area (Å²) in [4.78, 5) is 2.20. The van der Waals surface area contributed by atoms with Crippen molar-refractivity contribution < 1.29 is 31.5 Å². The molecule has 26 heavy (non-hydrogen) atoms. The van der Waals surface area contributed by atoms with Crippen LogP contribution in [0.1, 0.15) is 25.4 Å². The highest BCUT2D eigenvalue weighted by Crippen LogP contribution is 2.33. The smallest absolute Gasteiger partial charge is 0.449 e. The van der Waals surface area contributed by atoms with Crippen LogP contribution in [0.15, 0.2) is 34.7 Å². The number of ether oxygens (including phenoxy) is 2. The zero-order chi connectivity index (χ0) is 18.9. The number of furan rings is 1. The lowest BCUT2D eigenvalue weighted by Crippen LogP contribution is -2.56. The van der Waals surface area contributed by atoms with Crippen molar-refractivity contribution in [2.75, 3.05) is 13.1 Å². The van der Waals surface area contributed by atoms with Crippen LogP contribution in [0.2, 0.25) is 0 Å². The number of hydrogen-bond acceptors (Lipinski definition) is 4. The lowest BCUT2D eigenvalue weighted by molar-refractivity contribution is -0.153. The first kappa shape index (κ1) is 18.6. The summed E-state index contributed by atoms with van der Waals surface area (Å²) in [5.74, 6) is -1.08. The molecule has 0 unspecified atom stereocenters. The number of halogens is 4. The van der Waals surface area contributed by atoms with E-state index in [0.29, 0.717) is 6.04 Å². The predicted molar refractivity (Wildman–Crippen MR) is 85.6 cm³/mol. The van der Waals surface area contributed by atoms with Gasteiger partial charge in [0.25, 0.3) is 0 Å². The molecule has 3 rings (SSSR count). The lowest BCUT2D eigenvalue weighted by Gasteiger charge is -2.41. The van der Waals surface area contributed by atoms with Gasteiger partial charge in [0.05, 0.1) is 0 Å². The Labute approximate surface area is 148 Å². The van der Waals surface area contributed by atoms with Gasteiger partial charge in [0.2, 0.25) is 5.76 Å². The SMILES string of the molecule is CC(C)N1CC(Oc2cc(F)ccc2OCc2ccc(C(F)(F)F)o2)C1. The number of rotatable bonds is 6. The first-order valence-electron chi connectivity index (χ1n) is 8.21. The molecule has 0 atom stereocenters. The molecule has 142 valence electrons. The summed E-state index contributed by atoms with van der Waals surface area (Å²) in [7, 11) is 0. The van der Waals surface area contributed by atoms with Crippen LogP contribution in [-0.4, -0.2) is 30.1 Å². The molecule has 0 spiro atoms. The van der Waals surface area contributed by atoms with E-state index in [1.807, 2.05) is 0 Å². The first-order chi connectivity index (χ1) is 12.2. The Bertz CT molecular complexity index is 751. The molecular weight excluding hydrogens is 354 g/mol. The Balaban J connectivity index is 1.64. The van der Waals surface area contributed by atoms with Crippen LogP contribution in [0.25, 0.3) is 0 Å². The van der Waals surface area contributed by atoms with Crippen molar-refractivity contribution in [3.8, 4) is 11.5 Å². The monoisotopic (exact) mass is 373 g/mol. The van der Waals surface area contributed by atoms with E-state index in [4.69, 9.17) is 13.9 Å². The first-order valence-corrected chi connectivity index (χ1v) is 8.21. The van der Waals surface area contributed by atoms with Gasteiger partial charge in [0.1, 0.15) is 24.3 Å². The van der Waals surface area contributed by atoms with Gasteiger partial charge in [-0.3, -0.25) is 4.90 Å². The minimum absolute atomic E-state index is 0.0160. The van der Waals surface area contributed by atoms with Crippen molar-refractivity contribution in [2.24, 2.45) is 0 Å². The Morgan fingerprint density at radius 3 is 2.50 bits per heavy atom. The van der Waals surface area contributed by atoms with Gasteiger partial charge >= 0.3 is 6.18 Å². The molecule has 0 bridgehead atoms. The standard InChI is InChI=1S/C18H19F4NO3/c1-11(2)23-8-14(9-23)25-16-7-12(19)3-5-15(16)24-10-13-4-6-17(26-13)18(20,21)22/h3-7,11,14H,8-10H2,1-2H3. The van der Waals surface area contributed by atoms with Gasteiger partial charge in [-0.15, -0.1) is 0 Å². The van der Waals surface area contributed by atoms with Crippen molar-refractivity contribution in [3.05, 3.63) is 47.7 Å². The highest BCUT2D eigenvalue weighted by molar-refractivity contribution is 5.40. The molecule has 1 saturated heterocycles. The second kappa shape index (κ2) is 7.19. The third-order valence-corrected chi connectivity index (χ3v) is 4.12. The van der Waals surface area contributed by atoms with Crippen molar-refractivity contribution >= 4 is 0 Å². The molecule has 1 fully saturated rings. The van der Waals surface area contributed by atoms with Gasteiger partial charge in [0.15, 0.2) is 11.5 Å². The van der Waals surface area contributed by atoms with E-state index in [1.54, 1.807) is 0 Å². The second-order valence-corrected chi connectivity index (χ2v) is 6.43. The van der Waals surface area contributed by atoms with Crippen LogP contribution >= 0.6 is 0 Å². The average molecular weight is 373 g/mol. The average Bonchev–Trinajstić information content (AvgIpc) is 2.98. The van der Waals surface area contributed by atoms with E-state index in [0.717, 1.165) is 19.2 Å². The number of hydrogen-bond donors (Lipinski definition) is 0. The summed E-state index contributed by atoms with van der Waals surface area (Å²) < 4.78 is 67.2. The maximum atomic E-state index is 13.5. The maximum absolute atomic E-state index is 13.5. The van der Waals surface area contributed by atoms with Crippen LogP contribution in [-0.2, 0) is 12.8 Å². The van der Waals surface area contributed by atoms with E-state index in [1.165, 1.54) is 24.3 Å². The highest BCUT2D eigenvalue weighted by atomic mass is 19.4. The Kier molecular flexibility index (Phi) is 5.13. The number of nitrogens with zero attached hydrogens (tertiary/aromatic N) is 1. The zero-order valence-corrected chi connectivity index (χ0v) is 14.3. The van der Waals surface area contributed by atoms with Crippen molar-refractivity contribution in [2.45, 2.75) is 38.8 Å². The van der Waals surface area contributed by atoms with Gasteiger partial charge in [-0.1, -0.05) is 0 Å². The molecule has 2 aromatic rings. The fourth-order valence-corrected chi connectivity index (χ4v) is 2.60. The Morgan fingerprint density at radius 2 is 1.88 bits per heavy atom. The van der Waals surface area contributed by atoms with Gasteiger partial charge in [0, 0.05) is 25.2 Å². The molecule has 1 aromatic carbocycles. The molecule has 1 aliphatic rings. The molecule has 0 amide bonds. The van der Waals surface area contributed by atoms with Crippen LogP contribution in [0.4, 0.5) is 17.6 Å². The molecule has 0 saturated carbocycles. The third kappa shape index (κ3) is 4.30. The van der Waals surface area contributed by atoms with E-state index in [-0.39, 0.29) is 30.0 Å². The molecule has 8 heteroatoms. The molecule has 0 radical (unpaired) electrons. The quantitative estimate of drug-likeness (QED) is 0.699. The summed E-state index contributed by atoms with van der Waals surface area (Å²) >= 11 is 0. The maximum Gasteiger partial charge on any atom is 0.449 e. The van der Waals surface area contributed by atoms with Gasteiger partial charge in [-0.2, -0.15) is 13.2 Å². The van der Waals surface area contributed by atoms with E-state index < -0.39 is 17.8 Å². The fraction of sp³-hybridized carbons (Fsp3) is 0.444. The summed E-state index contributed by atoms with van der Waals surface area (Å²) in [6, 6.07) is 6.23. The van der Waals surface area contributed by atoms with Crippen molar-refractivity contribution in [1.82, 2.24) is 4.90 Å². The summed E-state index contributed by atoms with van der Waals surface area (Å²) in [5.41, 5.74) is 0. The van der Waals surface area contributed by atoms with Gasteiger partial charge in [-0.25, -0.2) is 4.39 Å². The molecule has 0 N–H and O–H groups in total. The molecular formula is C18H19F4NO3. The lowest BCUT2D eigenvalue weighted by atomic mass is 10.1. The van der Waals surface area contributed by atoms with Crippen LogP contribution in [0.3, 0.4) is 0 Å². The fourth-order valence-electron chi connectivity index (χ4n) is 2.60. The summed E-state index contributed by atoms with van der Waals surface area (Å²) in [6.07, 6.45) is -4.63. The number of likely N-dealkylation sites (tertiary alicyclic amines) is 1. The molecule has 4 nitrogen and oxygen atoms in total. The number of alkyl halides is 3. The molecule has 1 aromatic heterocycles. The van der Waals surface area contributed by atoms with Crippen LogP contribution in [0, 0.1) is 5.82 Å². The molecule has 2 heterocycles. The predicted octanol–water partition coefficient (Wildman–Crippen LogP) is 4.49. The van der Waals surface area contributed by atoms with Crippen molar-refractivity contribution in [1.29, 1.82) is 0 Å².